The summed E-state index contributed by atoms with van der Waals surface area (Å²) < 4.78 is 50.8. The Bertz CT molecular complexity index is 331. The molecule has 0 radical (unpaired) electrons. The highest BCUT2D eigenvalue weighted by Crippen LogP contribution is 2.31. The van der Waals surface area contributed by atoms with Gasteiger partial charge in [-0.15, -0.1) is 0 Å². The molecule has 0 saturated carbocycles. The Morgan fingerprint density at radius 2 is 2.13 bits per heavy atom. The van der Waals surface area contributed by atoms with Crippen molar-refractivity contribution in [1.82, 2.24) is 9.78 Å². The van der Waals surface area contributed by atoms with Crippen LogP contribution in [0.15, 0.2) is 6.07 Å². The van der Waals surface area contributed by atoms with Gasteiger partial charge in [-0.1, -0.05) is 0 Å². The fourth-order valence-corrected chi connectivity index (χ4v) is 1.21. The van der Waals surface area contributed by atoms with E-state index in [2.05, 4.69) is 5.10 Å². The van der Waals surface area contributed by atoms with E-state index >= 15 is 0 Å². The summed E-state index contributed by atoms with van der Waals surface area (Å²) in [4.78, 5) is 0. The van der Waals surface area contributed by atoms with E-state index in [0.717, 1.165) is 4.68 Å². The normalized spacial score (nSPS) is 14.3. The van der Waals surface area contributed by atoms with Gasteiger partial charge in [0, 0.05) is 7.05 Å². The summed E-state index contributed by atoms with van der Waals surface area (Å²) in [5, 5.41) is 3.20. The van der Waals surface area contributed by atoms with Gasteiger partial charge in [0.2, 0.25) is 0 Å². The minimum Gasteiger partial charge on any atom is -0.330 e. The van der Waals surface area contributed by atoms with Crippen LogP contribution in [0.25, 0.3) is 0 Å². The van der Waals surface area contributed by atoms with E-state index in [-0.39, 0.29) is 18.7 Å². The zero-order chi connectivity index (χ0) is 11.6. The summed E-state index contributed by atoms with van der Waals surface area (Å²) in [5.41, 5.74) is 3.93. The van der Waals surface area contributed by atoms with Gasteiger partial charge in [-0.2, -0.15) is 18.3 Å². The number of hydrogen-bond donors (Lipinski definition) is 1. The summed E-state index contributed by atoms with van der Waals surface area (Å²) in [7, 11) is 1.27. The van der Waals surface area contributed by atoms with Crippen LogP contribution in [0.1, 0.15) is 24.0 Å². The number of nitrogens with two attached hydrogens (primary N) is 1. The van der Waals surface area contributed by atoms with Gasteiger partial charge in [0.15, 0.2) is 5.69 Å². The first-order valence-corrected chi connectivity index (χ1v) is 4.31. The van der Waals surface area contributed by atoms with Gasteiger partial charge in [0.1, 0.15) is 6.17 Å². The summed E-state index contributed by atoms with van der Waals surface area (Å²) >= 11 is 0. The monoisotopic (exact) mass is 225 g/mol. The molecule has 0 amide bonds. The predicted molar refractivity (Wildman–Crippen MR) is 45.7 cm³/mol. The molecule has 1 aromatic heterocycles. The van der Waals surface area contributed by atoms with Crippen LogP contribution in [0.2, 0.25) is 0 Å². The lowest BCUT2D eigenvalue weighted by Gasteiger charge is -2.05. The van der Waals surface area contributed by atoms with Crippen molar-refractivity contribution >= 4 is 0 Å². The predicted octanol–water partition coefficient (Wildman–Crippen LogP) is 1.80. The van der Waals surface area contributed by atoms with Gasteiger partial charge in [-0.3, -0.25) is 4.68 Å². The maximum absolute atomic E-state index is 13.3. The molecule has 15 heavy (non-hydrogen) atoms. The Morgan fingerprint density at radius 1 is 1.53 bits per heavy atom. The van der Waals surface area contributed by atoms with Gasteiger partial charge in [-0.05, 0) is 19.0 Å². The summed E-state index contributed by atoms with van der Waals surface area (Å²) in [6.45, 7) is 0.0771. The fraction of sp³-hybridized carbons (Fsp3) is 0.625. The molecule has 2 N–H and O–H groups in total. The molecule has 1 atom stereocenters. The third kappa shape index (κ3) is 2.68. The van der Waals surface area contributed by atoms with Crippen molar-refractivity contribution in [3.8, 4) is 0 Å². The molecule has 0 fully saturated rings. The molecule has 7 heteroatoms. The number of halogens is 4. The van der Waals surface area contributed by atoms with Crippen molar-refractivity contribution in [2.24, 2.45) is 12.8 Å². The highest BCUT2D eigenvalue weighted by molar-refractivity contribution is 5.15. The van der Waals surface area contributed by atoms with Crippen LogP contribution < -0.4 is 5.73 Å². The first kappa shape index (κ1) is 12.0. The molecule has 1 heterocycles. The quantitative estimate of drug-likeness (QED) is 0.797. The highest BCUT2D eigenvalue weighted by Gasteiger charge is 2.35. The maximum atomic E-state index is 13.3. The van der Waals surface area contributed by atoms with Crippen LogP contribution in [0.4, 0.5) is 17.6 Å². The molecule has 86 valence electrons. The second-order valence-corrected chi connectivity index (χ2v) is 3.12. The van der Waals surface area contributed by atoms with E-state index < -0.39 is 18.0 Å². The molecular formula is C8H11F4N3. The first-order chi connectivity index (χ1) is 6.86. The van der Waals surface area contributed by atoms with Gasteiger partial charge in [0.25, 0.3) is 0 Å². The summed E-state index contributed by atoms with van der Waals surface area (Å²) in [5.74, 6) is 0. The largest absolute Gasteiger partial charge is 0.435 e. The van der Waals surface area contributed by atoms with Crippen molar-refractivity contribution in [3.05, 3.63) is 17.5 Å². The average Bonchev–Trinajstić information content (AvgIpc) is 2.47. The zero-order valence-corrected chi connectivity index (χ0v) is 8.05. The SMILES string of the molecule is Cn1nc(C(F)(F)F)cc1C(F)CCN. The second kappa shape index (κ2) is 4.18. The van der Waals surface area contributed by atoms with Gasteiger partial charge in [0.05, 0.1) is 5.69 Å². The number of nitrogens with zero attached hydrogens (tertiary/aromatic N) is 2. The van der Waals surface area contributed by atoms with Crippen LogP contribution >= 0.6 is 0 Å². The summed E-state index contributed by atoms with van der Waals surface area (Å²) in [6.07, 6.45) is -6.07. The lowest BCUT2D eigenvalue weighted by Crippen LogP contribution is -2.08. The minimum absolute atomic E-state index is 0.0170. The van der Waals surface area contributed by atoms with Gasteiger partial charge in [-0.25, -0.2) is 4.39 Å². The standard InChI is InChI=1S/C8H11F4N3/c1-15-6(5(9)2-3-13)4-7(14-15)8(10,11)12/h4-5H,2-3,13H2,1H3. The van der Waals surface area contributed by atoms with Crippen molar-refractivity contribution < 1.29 is 17.6 Å². The van der Waals surface area contributed by atoms with Gasteiger partial charge >= 0.3 is 6.18 Å². The Labute approximate surface area is 83.9 Å². The molecule has 0 aliphatic rings. The molecule has 0 spiro atoms. The van der Waals surface area contributed by atoms with Gasteiger partial charge < -0.3 is 5.73 Å². The molecule has 3 nitrogen and oxygen atoms in total. The average molecular weight is 225 g/mol. The molecule has 1 aromatic rings. The van der Waals surface area contributed by atoms with Crippen molar-refractivity contribution in [2.45, 2.75) is 18.8 Å². The topological polar surface area (TPSA) is 43.8 Å². The van der Waals surface area contributed by atoms with E-state index in [1.54, 1.807) is 0 Å². The van der Waals surface area contributed by atoms with E-state index in [0.29, 0.717) is 6.07 Å². The molecule has 1 rings (SSSR count). The first-order valence-electron chi connectivity index (χ1n) is 4.31. The molecule has 1 unspecified atom stereocenters. The smallest absolute Gasteiger partial charge is 0.330 e. The van der Waals surface area contributed by atoms with Crippen molar-refractivity contribution in [1.29, 1.82) is 0 Å². The Hall–Kier alpha value is -1.11. The Morgan fingerprint density at radius 3 is 2.53 bits per heavy atom. The van der Waals surface area contributed by atoms with E-state index in [1.807, 2.05) is 0 Å². The molecule has 0 bridgehead atoms. The van der Waals surface area contributed by atoms with Crippen molar-refractivity contribution in [2.75, 3.05) is 6.54 Å². The highest BCUT2D eigenvalue weighted by atomic mass is 19.4. The lowest BCUT2D eigenvalue weighted by molar-refractivity contribution is -0.141. The van der Waals surface area contributed by atoms with Crippen LogP contribution in [0.3, 0.4) is 0 Å². The number of aromatic nitrogens is 2. The Balaban J connectivity index is 2.96. The van der Waals surface area contributed by atoms with E-state index in [9.17, 15) is 17.6 Å². The number of alkyl halides is 4. The molecule has 0 aliphatic carbocycles. The van der Waals surface area contributed by atoms with E-state index in [4.69, 9.17) is 5.73 Å². The molecule has 0 saturated heterocycles. The maximum Gasteiger partial charge on any atom is 0.435 e. The number of aryl methyl sites for hydroxylation is 1. The number of rotatable bonds is 3. The second-order valence-electron chi connectivity index (χ2n) is 3.12. The number of hydrogen-bond acceptors (Lipinski definition) is 2. The van der Waals surface area contributed by atoms with Crippen LogP contribution in [-0.4, -0.2) is 16.3 Å². The fourth-order valence-electron chi connectivity index (χ4n) is 1.21. The van der Waals surface area contributed by atoms with Crippen LogP contribution in [0, 0.1) is 0 Å². The zero-order valence-electron chi connectivity index (χ0n) is 8.05. The lowest BCUT2D eigenvalue weighted by atomic mass is 10.2. The third-order valence-corrected chi connectivity index (χ3v) is 1.95. The van der Waals surface area contributed by atoms with Crippen molar-refractivity contribution in [3.63, 3.8) is 0 Å². The minimum atomic E-state index is -4.54. The van der Waals surface area contributed by atoms with Crippen LogP contribution in [-0.2, 0) is 13.2 Å². The molecule has 0 aliphatic heterocycles. The third-order valence-electron chi connectivity index (χ3n) is 1.95. The molecular weight excluding hydrogens is 214 g/mol. The van der Waals surface area contributed by atoms with Crippen LogP contribution in [0.5, 0.6) is 0 Å². The Kier molecular flexibility index (Phi) is 3.33. The summed E-state index contributed by atoms with van der Waals surface area (Å²) in [6, 6.07) is 0.709. The molecule has 0 aromatic carbocycles. The van der Waals surface area contributed by atoms with E-state index in [1.165, 1.54) is 7.05 Å².